The first-order chi connectivity index (χ1) is 9.25. The number of carbonyl (C=O) groups is 1. The topological polar surface area (TPSA) is 32.3 Å². The Balaban J connectivity index is 1.88. The Hall–Kier alpha value is -1.26. The largest absolute Gasteiger partial charge is 0.369 e. The van der Waals surface area contributed by atoms with E-state index in [-0.39, 0.29) is 5.12 Å². The zero-order chi connectivity index (χ0) is 13.5. The first-order valence-corrected chi connectivity index (χ1v) is 7.60. The molecule has 2 rings (SSSR count). The summed E-state index contributed by atoms with van der Waals surface area (Å²) < 4.78 is 0. The first kappa shape index (κ1) is 14.2. The van der Waals surface area contributed by atoms with E-state index in [0.29, 0.717) is 0 Å². The van der Waals surface area contributed by atoms with E-state index in [2.05, 4.69) is 40.6 Å². The van der Waals surface area contributed by atoms with Gasteiger partial charge >= 0.3 is 0 Å². The third kappa shape index (κ3) is 4.73. The second kappa shape index (κ2) is 7.36. The summed E-state index contributed by atoms with van der Waals surface area (Å²) in [5.41, 5.74) is 2.47. The molecule has 1 aromatic rings. The van der Waals surface area contributed by atoms with Gasteiger partial charge in [0, 0.05) is 44.5 Å². The maximum atomic E-state index is 10.8. The van der Waals surface area contributed by atoms with Gasteiger partial charge < -0.3 is 10.2 Å². The highest BCUT2D eigenvalue weighted by atomic mass is 32.2. The van der Waals surface area contributed by atoms with Gasteiger partial charge in [-0.05, 0) is 17.7 Å². The van der Waals surface area contributed by atoms with Gasteiger partial charge in [-0.15, -0.1) is 0 Å². The van der Waals surface area contributed by atoms with Crippen LogP contribution in [0.3, 0.4) is 0 Å². The average Bonchev–Trinajstić information content (AvgIpc) is 2.45. The van der Waals surface area contributed by atoms with E-state index in [4.69, 9.17) is 0 Å². The van der Waals surface area contributed by atoms with Crippen LogP contribution in [-0.2, 0) is 4.79 Å². The number of nitrogens with zero attached hydrogens (tertiary/aromatic N) is 1. The molecule has 0 bridgehead atoms. The Morgan fingerprint density at radius 1 is 1.32 bits per heavy atom. The van der Waals surface area contributed by atoms with Crippen LogP contribution in [0, 0.1) is 0 Å². The number of rotatable bonds is 4. The lowest BCUT2D eigenvalue weighted by atomic mass is 10.1. The molecule has 0 atom stereocenters. The number of hydrogen-bond donors (Lipinski definition) is 1. The molecule has 0 aliphatic carbocycles. The van der Waals surface area contributed by atoms with Gasteiger partial charge in [-0.3, -0.25) is 4.79 Å². The molecule has 0 spiro atoms. The molecule has 19 heavy (non-hydrogen) atoms. The van der Waals surface area contributed by atoms with Crippen molar-refractivity contribution in [3.63, 3.8) is 0 Å². The van der Waals surface area contributed by atoms with Crippen molar-refractivity contribution in [2.24, 2.45) is 0 Å². The summed E-state index contributed by atoms with van der Waals surface area (Å²) in [5, 5.41) is 3.52. The van der Waals surface area contributed by atoms with E-state index >= 15 is 0 Å². The first-order valence-electron chi connectivity index (χ1n) is 6.61. The lowest BCUT2D eigenvalue weighted by Gasteiger charge is -2.29. The minimum atomic E-state index is 0.165. The monoisotopic (exact) mass is 276 g/mol. The van der Waals surface area contributed by atoms with Crippen LogP contribution in [0.25, 0.3) is 6.08 Å². The minimum absolute atomic E-state index is 0.165. The maximum absolute atomic E-state index is 10.8. The molecule has 1 fully saturated rings. The summed E-state index contributed by atoms with van der Waals surface area (Å²) in [5.74, 6) is 0.745. The minimum Gasteiger partial charge on any atom is -0.369 e. The van der Waals surface area contributed by atoms with Crippen molar-refractivity contribution < 1.29 is 4.79 Å². The molecule has 1 N–H and O–H groups in total. The maximum Gasteiger partial charge on any atom is 0.186 e. The molecular formula is C15H20N2OS. The SMILES string of the molecule is CC(=O)SCC=Cc1ccc(N2CCNCC2)cc1. The Bertz CT molecular complexity index is 436. The molecule has 1 heterocycles. The van der Waals surface area contributed by atoms with Crippen LogP contribution in [0.2, 0.25) is 0 Å². The van der Waals surface area contributed by atoms with Crippen LogP contribution in [-0.4, -0.2) is 37.0 Å². The average molecular weight is 276 g/mol. The van der Waals surface area contributed by atoms with Crippen LogP contribution >= 0.6 is 11.8 Å². The summed E-state index contributed by atoms with van der Waals surface area (Å²) in [6.45, 7) is 5.86. The molecule has 0 radical (unpaired) electrons. The Morgan fingerprint density at radius 3 is 2.63 bits per heavy atom. The summed E-state index contributed by atoms with van der Waals surface area (Å²) in [7, 11) is 0. The molecule has 1 aliphatic heterocycles. The van der Waals surface area contributed by atoms with E-state index in [1.165, 1.54) is 23.0 Å². The van der Waals surface area contributed by atoms with Gasteiger partial charge in [0.15, 0.2) is 5.12 Å². The Labute approximate surface area is 119 Å². The van der Waals surface area contributed by atoms with Gasteiger partial charge in [0.05, 0.1) is 0 Å². The van der Waals surface area contributed by atoms with E-state index in [1.54, 1.807) is 6.92 Å². The smallest absolute Gasteiger partial charge is 0.186 e. The van der Waals surface area contributed by atoms with Crippen molar-refractivity contribution in [3.05, 3.63) is 35.9 Å². The number of hydrogen-bond acceptors (Lipinski definition) is 4. The summed E-state index contributed by atoms with van der Waals surface area (Å²) >= 11 is 1.34. The molecule has 0 amide bonds. The highest BCUT2D eigenvalue weighted by molar-refractivity contribution is 8.13. The fourth-order valence-corrected chi connectivity index (χ4v) is 2.50. The third-order valence-electron chi connectivity index (χ3n) is 3.07. The van der Waals surface area contributed by atoms with E-state index < -0.39 is 0 Å². The lowest BCUT2D eigenvalue weighted by Crippen LogP contribution is -2.43. The summed E-state index contributed by atoms with van der Waals surface area (Å²) in [4.78, 5) is 13.2. The molecule has 1 aliphatic rings. The molecular weight excluding hydrogens is 256 g/mol. The van der Waals surface area contributed by atoms with Gasteiger partial charge in [0.25, 0.3) is 0 Å². The molecule has 0 unspecified atom stereocenters. The molecule has 0 aromatic heterocycles. The summed E-state index contributed by atoms with van der Waals surface area (Å²) in [6.07, 6.45) is 4.10. The highest BCUT2D eigenvalue weighted by Crippen LogP contribution is 2.16. The Morgan fingerprint density at radius 2 is 2.00 bits per heavy atom. The standard InChI is InChI=1S/C15H20N2OS/c1-13(18)19-12-2-3-14-4-6-15(7-5-14)17-10-8-16-9-11-17/h2-7,16H,8-12H2,1H3. The normalized spacial score (nSPS) is 15.9. The van der Waals surface area contributed by atoms with Gasteiger partial charge in [-0.2, -0.15) is 0 Å². The van der Waals surface area contributed by atoms with Crippen LogP contribution in [0.5, 0.6) is 0 Å². The van der Waals surface area contributed by atoms with Gasteiger partial charge in [0.1, 0.15) is 0 Å². The highest BCUT2D eigenvalue weighted by Gasteiger charge is 2.09. The van der Waals surface area contributed by atoms with Crippen molar-refractivity contribution in [2.45, 2.75) is 6.92 Å². The van der Waals surface area contributed by atoms with Gasteiger partial charge in [-0.1, -0.05) is 36.0 Å². The Kier molecular flexibility index (Phi) is 5.48. The van der Waals surface area contributed by atoms with Crippen molar-refractivity contribution in [1.82, 2.24) is 5.32 Å². The molecule has 3 nitrogen and oxygen atoms in total. The predicted octanol–water partition coefficient (Wildman–Crippen LogP) is 2.39. The van der Waals surface area contributed by atoms with Crippen molar-refractivity contribution in [2.75, 3.05) is 36.8 Å². The van der Waals surface area contributed by atoms with Crippen molar-refractivity contribution >= 4 is 28.6 Å². The van der Waals surface area contributed by atoms with E-state index in [0.717, 1.165) is 31.9 Å². The van der Waals surface area contributed by atoms with E-state index in [1.807, 2.05) is 6.08 Å². The second-order valence-electron chi connectivity index (χ2n) is 4.53. The third-order valence-corrected chi connectivity index (χ3v) is 3.83. The van der Waals surface area contributed by atoms with E-state index in [9.17, 15) is 4.79 Å². The molecule has 1 aromatic carbocycles. The van der Waals surface area contributed by atoms with Crippen molar-refractivity contribution in [1.29, 1.82) is 0 Å². The van der Waals surface area contributed by atoms with Crippen molar-refractivity contribution in [3.8, 4) is 0 Å². The number of thioether (sulfide) groups is 1. The fourth-order valence-electron chi connectivity index (χ4n) is 2.07. The van der Waals surface area contributed by atoms with Crippen LogP contribution in [0.4, 0.5) is 5.69 Å². The lowest BCUT2D eigenvalue weighted by molar-refractivity contribution is -0.109. The summed E-state index contributed by atoms with van der Waals surface area (Å²) in [6, 6.07) is 8.60. The number of piperazine rings is 1. The number of benzene rings is 1. The number of anilines is 1. The zero-order valence-corrected chi connectivity index (χ0v) is 12.1. The predicted molar refractivity (Wildman–Crippen MR) is 83.7 cm³/mol. The second-order valence-corrected chi connectivity index (χ2v) is 5.73. The molecule has 4 heteroatoms. The van der Waals surface area contributed by atoms with Crippen LogP contribution < -0.4 is 10.2 Å². The fraction of sp³-hybridized carbons (Fsp3) is 0.400. The van der Waals surface area contributed by atoms with Gasteiger partial charge in [0.2, 0.25) is 0 Å². The molecule has 0 saturated carbocycles. The quantitative estimate of drug-likeness (QED) is 0.915. The number of nitrogens with one attached hydrogen (secondary N) is 1. The zero-order valence-electron chi connectivity index (χ0n) is 11.3. The number of carbonyl (C=O) groups excluding carboxylic acids is 1. The van der Waals surface area contributed by atoms with Crippen LogP contribution in [0.15, 0.2) is 30.3 Å². The molecule has 102 valence electrons. The van der Waals surface area contributed by atoms with Gasteiger partial charge in [-0.25, -0.2) is 0 Å². The van der Waals surface area contributed by atoms with Crippen LogP contribution in [0.1, 0.15) is 12.5 Å². The molecule has 1 saturated heterocycles.